The maximum Gasteiger partial charge on any atom is 0.343 e. The Morgan fingerprint density at radius 2 is 1.58 bits per heavy atom. The van der Waals surface area contributed by atoms with Gasteiger partial charge >= 0.3 is 5.97 Å². The summed E-state index contributed by atoms with van der Waals surface area (Å²) in [6.45, 7) is 6.38. The number of carbonyl (C=O) groups is 1. The standard InChI is InChI=1S/C27H25NO3/c1-27(2,3)22-13-11-20(12-14-22)26(29)31-23-15-9-19(10-16-23)17-21(18-28)24-7-5-6-8-25(24)30-4/h5-17H,1-4H3/b21-17-. The quantitative estimate of drug-likeness (QED) is 0.215. The van der Waals surface area contributed by atoms with Crippen molar-refractivity contribution in [2.45, 2.75) is 26.2 Å². The number of rotatable bonds is 5. The van der Waals surface area contributed by atoms with Crippen LogP contribution in [0.25, 0.3) is 11.6 Å². The van der Waals surface area contributed by atoms with Crippen LogP contribution in [0.15, 0.2) is 72.8 Å². The van der Waals surface area contributed by atoms with Crippen molar-refractivity contribution in [2.24, 2.45) is 0 Å². The van der Waals surface area contributed by atoms with Crippen molar-refractivity contribution in [1.29, 1.82) is 5.26 Å². The number of benzene rings is 3. The second-order valence-corrected chi connectivity index (χ2v) is 8.16. The van der Waals surface area contributed by atoms with E-state index in [0.717, 1.165) is 16.7 Å². The van der Waals surface area contributed by atoms with Crippen LogP contribution in [0.5, 0.6) is 11.5 Å². The Bertz CT molecular complexity index is 1130. The maximum absolute atomic E-state index is 12.4. The van der Waals surface area contributed by atoms with E-state index < -0.39 is 5.97 Å². The van der Waals surface area contributed by atoms with Crippen LogP contribution in [0.3, 0.4) is 0 Å². The molecule has 156 valence electrons. The first kappa shape index (κ1) is 21.9. The van der Waals surface area contributed by atoms with Gasteiger partial charge in [-0.05, 0) is 59.0 Å². The molecular weight excluding hydrogens is 386 g/mol. The van der Waals surface area contributed by atoms with Crippen molar-refractivity contribution in [1.82, 2.24) is 0 Å². The van der Waals surface area contributed by atoms with E-state index in [1.807, 2.05) is 36.4 Å². The molecule has 4 heteroatoms. The van der Waals surface area contributed by atoms with Crippen LogP contribution in [-0.2, 0) is 5.41 Å². The van der Waals surface area contributed by atoms with Crippen LogP contribution in [0.1, 0.15) is 47.8 Å². The first-order valence-corrected chi connectivity index (χ1v) is 10.00. The van der Waals surface area contributed by atoms with Crippen LogP contribution in [0.4, 0.5) is 0 Å². The zero-order valence-electron chi connectivity index (χ0n) is 18.2. The average Bonchev–Trinajstić information content (AvgIpc) is 2.78. The van der Waals surface area contributed by atoms with Crippen molar-refractivity contribution in [3.8, 4) is 17.6 Å². The highest BCUT2D eigenvalue weighted by atomic mass is 16.5. The van der Waals surface area contributed by atoms with Crippen molar-refractivity contribution in [3.05, 3.63) is 95.1 Å². The molecule has 0 amide bonds. The molecule has 0 saturated carbocycles. The lowest BCUT2D eigenvalue weighted by Crippen LogP contribution is -2.12. The fraction of sp³-hybridized carbons (Fsp3) is 0.185. The molecule has 0 aliphatic heterocycles. The molecular formula is C27H25NO3. The van der Waals surface area contributed by atoms with Gasteiger partial charge in [0.2, 0.25) is 0 Å². The number of carbonyl (C=O) groups excluding carboxylic acids is 1. The largest absolute Gasteiger partial charge is 0.496 e. The Morgan fingerprint density at radius 1 is 0.935 bits per heavy atom. The van der Waals surface area contributed by atoms with Gasteiger partial charge in [-0.2, -0.15) is 5.26 Å². The molecule has 0 saturated heterocycles. The number of allylic oxidation sites excluding steroid dienone is 1. The summed E-state index contributed by atoms with van der Waals surface area (Å²) in [6.07, 6.45) is 1.77. The van der Waals surface area contributed by atoms with Gasteiger partial charge in [-0.1, -0.05) is 57.2 Å². The van der Waals surface area contributed by atoms with E-state index in [0.29, 0.717) is 22.6 Å². The van der Waals surface area contributed by atoms with E-state index in [9.17, 15) is 10.1 Å². The summed E-state index contributed by atoms with van der Waals surface area (Å²) in [6, 6.07) is 24.1. The van der Waals surface area contributed by atoms with Gasteiger partial charge in [0.15, 0.2) is 0 Å². The van der Waals surface area contributed by atoms with Gasteiger partial charge in [0.25, 0.3) is 0 Å². The number of hydrogen-bond acceptors (Lipinski definition) is 4. The summed E-state index contributed by atoms with van der Waals surface area (Å²) >= 11 is 0. The molecule has 3 rings (SSSR count). The summed E-state index contributed by atoms with van der Waals surface area (Å²) in [4.78, 5) is 12.4. The van der Waals surface area contributed by atoms with E-state index in [1.165, 1.54) is 0 Å². The second-order valence-electron chi connectivity index (χ2n) is 8.16. The normalized spacial score (nSPS) is 11.5. The minimum absolute atomic E-state index is 0.0256. The highest BCUT2D eigenvalue weighted by Gasteiger charge is 2.15. The molecule has 0 spiro atoms. The third-order valence-electron chi connectivity index (χ3n) is 4.91. The smallest absolute Gasteiger partial charge is 0.343 e. The molecule has 3 aromatic carbocycles. The number of ether oxygens (including phenoxy) is 2. The lowest BCUT2D eigenvalue weighted by Gasteiger charge is -2.18. The van der Waals surface area contributed by atoms with E-state index >= 15 is 0 Å². The Balaban J connectivity index is 1.75. The molecule has 4 nitrogen and oxygen atoms in total. The van der Waals surface area contributed by atoms with Crippen LogP contribution in [-0.4, -0.2) is 13.1 Å². The zero-order chi connectivity index (χ0) is 22.4. The molecule has 0 heterocycles. The lowest BCUT2D eigenvalue weighted by molar-refractivity contribution is 0.0734. The highest BCUT2D eigenvalue weighted by molar-refractivity contribution is 5.92. The highest BCUT2D eigenvalue weighted by Crippen LogP contribution is 2.27. The summed E-state index contributed by atoms with van der Waals surface area (Å²) < 4.78 is 10.8. The topological polar surface area (TPSA) is 59.3 Å². The van der Waals surface area contributed by atoms with Crippen molar-refractivity contribution in [2.75, 3.05) is 7.11 Å². The van der Waals surface area contributed by atoms with Crippen molar-refractivity contribution >= 4 is 17.6 Å². The van der Waals surface area contributed by atoms with Gasteiger partial charge < -0.3 is 9.47 Å². The molecule has 0 fully saturated rings. The molecule has 0 aliphatic rings. The summed E-state index contributed by atoms with van der Waals surface area (Å²) in [5.41, 5.74) is 3.71. The Labute approximate surface area is 183 Å². The Hall–Kier alpha value is -3.84. The van der Waals surface area contributed by atoms with Crippen LogP contribution >= 0.6 is 0 Å². The molecule has 0 atom stereocenters. The molecule has 0 aliphatic carbocycles. The monoisotopic (exact) mass is 411 g/mol. The van der Waals surface area contributed by atoms with Crippen LogP contribution in [0.2, 0.25) is 0 Å². The summed E-state index contributed by atoms with van der Waals surface area (Å²) in [7, 11) is 1.58. The SMILES string of the molecule is COc1ccccc1/C(C#N)=C\c1ccc(OC(=O)c2ccc(C(C)(C)C)cc2)cc1. The van der Waals surface area contributed by atoms with E-state index in [1.54, 1.807) is 49.6 Å². The molecule has 3 aromatic rings. The van der Waals surface area contributed by atoms with Crippen molar-refractivity contribution in [3.63, 3.8) is 0 Å². The zero-order valence-corrected chi connectivity index (χ0v) is 18.2. The fourth-order valence-corrected chi connectivity index (χ4v) is 3.11. The molecule has 0 radical (unpaired) electrons. The molecule has 0 N–H and O–H groups in total. The van der Waals surface area contributed by atoms with Gasteiger partial charge in [0.1, 0.15) is 11.5 Å². The van der Waals surface area contributed by atoms with E-state index in [2.05, 4.69) is 26.8 Å². The number of nitrogens with zero attached hydrogens (tertiary/aromatic N) is 1. The Morgan fingerprint density at radius 3 is 2.16 bits per heavy atom. The number of methoxy groups -OCH3 is 1. The number of nitriles is 1. The van der Waals surface area contributed by atoms with E-state index in [4.69, 9.17) is 9.47 Å². The van der Waals surface area contributed by atoms with Crippen LogP contribution < -0.4 is 9.47 Å². The number of para-hydroxylation sites is 1. The second kappa shape index (κ2) is 9.32. The first-order valence-electron chi connectivity index (χ1n) is 10.00. The minimum Gasteiger partial charge on any atom is -0.496 e. The van der Waals surface area contributed by atoms with Gasteiger partial charge in [0.05, 0.1) is 24.3 Å². The van der Waals surface area contributed by atoms with E-state index in [-0.39, 0.29) is 5.41 Å². The Kier molecular flexibility index (Phi) is 6.57. The molecule has 0 bridgehead atoms. The van der Waals surface area contributed by atoms with Gasteiger partial charge in [-0.25, -0.2) is 4.79 Å². The third kappa shape index (κ3) is 5.40. The minimum atomic E-state index is -0.407. The molecule has 0 aromatic heterocycles. The molecule has 31 heavy (non-hydrogen) atoms. The average molecular weight is 412 g/mol. The summed E-state index contributed by atoms with van der Waals surface area (Å²) in [5.74, 6) is 0.673. The van der Waals surface area contributed by atoms with Gasteiger partial charge in [-0.15, -0.1) is 0 Å². The van der Waals surface area contributed by atoms with Crippen molar-refractivity contribution < 1.29 is 14.3 Å². The first-order chi connectivity index (χ1) is 14.8. The summed E-state index contributed by atoms with van der Waals surface area (Å²) in [5, 5.41) is 9.59. The number of esters is 1. The predicted molar refractivity (Wildman–Crippen MR) is 123 cm³/mol. The van der Waals surface area contributed by atoms with Crippen LogP contribution in [0, 0.1) is 11.3 Å². The number of hydrogen-bond donors (Lipinski definition) is 0. The predicted octanol–water partition coefficient (Wildman–Crippen LogP) is 6.28. The molecule has 0 unspecified atom stereocenters. The van der Waals surface area contributed by atoms with Gasteiger partial charge in [-0.3, -0.25) is 0 Å². The lowest BCUT2D eigenvalue weighted by atomic mass is 9.87. The maximum atomic E-state index is 12.4. The third-order valence-corrected chi connectivity index (χ3v) is 4.91. The van der Waals surface area contributed by atoms with Gasteiger partial charge in [0, 0.05) is 5.56 Å². The fourth-order valence-electron chi connectivity index (χ4n) is 3.11.